The molecule has 0 atom stereocenters. The third kappa shape index (κ3) is 3.22. The Labute approximate surface area is 179 Å². The maximum atomic E-state index is 12.5. The van der Waals surface area contributed by atoms with E-state index in [0.29, 0.717) is 56.0 Å². The summed E-state index contributed by atoms with van der Waals surface area (Å²) in [4.78, 5) is 26.2. The van der Waals surface area contributed by atoms with Gasteiger partial charge in [-0.2, -0.15) is 0 Å². The van der Waals surface area contributed by atoms with Crippen molar-refractivity contribution in [3.63, 3.8) is 0 Å². The van der Waals surface area contributed by atoms with E-state index in [1.807, 2.05) is 32.0 Å². The minimum absolute atomic E-state index is 0.398. The molecule has 0 saturated carbocycles. The fourth-order valence-electron chi connectivity index (χ4n) is 4.02. The molecule has 0 saturated heterocycles. The van der Waals surface area contributed by atoms with Gasteiger partial charge >= 0.3 is 0 Å². The van der Waals surface area contributed by atoms with Gasteiger partial charge in [0.25, 0.3) is 0 Å². The second kappa shape index (κ2) is 7.50. The van der Waals surface area contributed by atoms with Gasteiger partial charge in [-0.05, 0) is 44.2 Å². The molecule has 0 fully saturated rings. The molecule has 4 rings (SSSR count). The SMILES string of the molecule is COc1cc2c(N(C(C)=O)C(C)=O)c3cc(C)oc3c(-c3ccc(C)o3)c2cc1OC. The lowest BCUT2D eigenvalue weighted by molar-refractivity contribution is -0.124. The Balaban J connectivity index is 2.29. The summed E-state index contributed by atoms with van der Waals surface area (Å²) >= 11 is 0. The normalized spacial score (nSPS) is 11.2. The van der Waals surface area contributed by atoms with Crippen molar-refractivity contribution in [1.82, 2.24) is 0 Å². The number of fused-ring (bicyclic) bond motifs is 2. The average Bonchev–Trinajstić information content (AvgIpc) is 3.31. The number of carbonyl (C=O) groups is 2. The van der Waals surface area contributed by atoms with Crippen LogP contribution in [-0.4, -0.2) is 26.0 Å². The van der Waals surface area contributed by atoms with Crippen molar-refractivity contribution in [2.45, 2.75) is 27.7 Å². The lowest BCUT2D eigenvalue weighted by Gasteiger charge is -2.22. The molecule has 0 aliphatic heterocycles. The first-order chi connectivity index (χ1) is 14.8. The van der Waals surface area contributed by atoms with Crippen LogP contribution < -0.4 is 14.4 Å². The quantitative estimate of drug-likeness (QED) is 0.440. The minimum atomic E-state index is -0.398. The molecule has 2 aromatic carbocycles. The predicted octanol–water partition coefficient (Wildman–Crippen LogP) is 5.38. The van der Waals surface area contributed by atoms with Gasteiger partial charge in [0, 0.05) is 30.0 Å². The summed E-state index contributed by atoms with van der Waals surface area (Å²) < 4.78 is 23.0. The zero-order valence-corrected chi connectivity index (χ0v) is 18.3. The van der Waals surface area contributed by atoms with E-state index in [0.717, 1.165) is 10.7 Å². The largest absolute Gasteiger partial charge is 0.493 e. The Morgan fingerprint density at radius 3 is 1.94 bits per heavy atom. The smallest absolute Gasteiger partial charge is 0.230 e. The van der Waals surface area contributed by atoms with Gasteiger partial charge in [0.15, 0.2) is 11.5 Å². The maximum Gasteiger partial charge on any atom is 0.230 e. The fourth-order valence-corrected chi connectivity index (χ4v) is 4.02. The Morgan fingerprint density at radius 1 is 0.806 bits per heavy atom. The molecule has 0 bridgehead atoms. The molecule has 2 amide bonds. The Morgan fingerprint density at radius 2 is 1.42 bits per heavy atom. The third-order valence-electron chi connectivity index (χ3n) is 5.23. The summed E-state index contributed by atoms with van der Waals surface area (Å²) in [5.74, 6) is 2.18. The van der Waals surface area contributed by atoms with Crippen molar-refractivity contribution < 1.29 is 27.9 Å². The van der Waals surface area contributed by atoms with Gasteiger partial charge in [-0.1, -0.05) is 0 Å². The first-order valence-corrected chi connectivity index (χ1v) is 9.76. The molecule has 7 nitrogen and oxygen atoms in total. The molecule has 160 valence electrons. The van der Waals surface area contributed by atoms with Gasteiger partial charge in [0.1, 0.15) is 22.9 Å². The lowest BCUT2D eigenvalue weighted by Crippen LogP contribution is -2.33. The van der Waals surface area contributed by atoms with Crippen LogP contribution >= 0.6 is 0 Å². The number of amides is 2. The summed E-state index contributed by atoms with van der Waals surface area (Å²) in [5, 5.41) is 1.98. The second-order valence-electron chi connectivity index (χ2n) is 7.36. The highest BCUT2D eigenvalue weighted by atomic mass is 16.5. The lowest BCUT2D eigenvalue weighted by atomic mass is 9.96. The van der Waals surface area contributed by atoms with Crippen LogP contribution in [0.5, 0.6) is 11.5 Å². The molecular formula is C24H23NO6. The predicted molar refractivity (Wildman–Crippen MR) is 118 cm³/mol. The number of hydrogen-bond acceptors (Lipinski definition) is 6. The van der Waals surface area contributed by atoms with Crippen LogP contribution in [0, 0.1) is 13.8 Å². The van der Waals surface area contributed by atoms with Crippen molar-refractivity contribution in [3.8, 4) is 22.8 Å². The van der Waals surface area contributed by atoms with Gasteiger partial charge in [-0.15, -0.1) is 0 Å². The third-order valence-corrected chi connectivity index (χ3v) is 5.23. The highest BCUT2D eigenvalue weighted by Gasteiger charge is 2.28. The highest BCUT2D eigenvalue weighted by molar-refractivity contribution is 6.27. The van der Waals surface area contributed by atoms with Crippen molar-refractivity contribution in [3.05, 3.63) is 41.9 Å². The van der Waals surface area contributed by atoms with Crippen molar-refractivity contribution in [1.29, 1.82) is 0 Å². The Kier molecular flexibility index (Phi) is 4.97. The molecule has 0 radical (unpaired) electrons. The standard InChI is InChI=1S/C24H23NO6/c1-12-7-8-19(30-12)22-16-10-20(28-5)21(29-6)11-17(16)23(25(14(3)26)15(4)27)18-9-13(2)31-24(18)22/h7-11H,1-6H3. The van der Waals surface area contributed by atoms with E-state index in [-0.39, 0.29) is 0 Å². The number of carbonyl (C=O) groups excluding carboxylic acids is 2. The number of hydrogen-bond donors (Lipinski definition) is 0. The average molecular weight is 421 g/mol. The summed E-state index contributed by atoms with van der Waals surface area (Å²) in [6.07, 6.45) is 0. The topological polar surface area (TPSA) is 82.1 Å². The second-order valence-corrected chi connectivity index (χ2v) is 7.36. The monoisotopic (exact) mass is 421 g/mol. The summed E-state index contributed by atoms with van der Waals surface area (Å²) in [6, 6.07) is 9.13. The van der Waals surface area contributed by atoms with Crippen LogP contribution in [0.15, 0.2) is 39.2 Å². The van der Waals surface area contributed by atoms with Crippen molar-refractivity contribution >= 4 is 39.2 Å². The first kappa shape index (κ1) is 20.5. The van der Waals surface area contributed by atoms with E-state index in [4.69, 9.17) is 18.3 Å². The Hall–Kier alpha value is -3.74. The summed E-state index contributed by atoms with van der Waals surface area (Å²) in [6.45, 7) is 6.40. The molecule has 0 aliphatic carbocycles. The van der Waals surface area contributed by atoms with Gasteiger partial charge < -0.3 is 18.3 Å². The van der Waals surface area contributed by atoms with Crippen LogP contribution in [0.3, 0.4) is 0 Å². The number of methoxy groups -OCH3 is 2. The van der Waals surface area contributed by atoms with E-state index in [2.05, 4.69) is 0 Å². The van der Waals surface area contributed by atoms with Crippen LogP contribution in [0.25, 0.3) is 33.1 Å². The van der Waals surface area contributed by atoms with E-state index in [1.54, 1.807) is 19.2 Å². The number of furan rings is 2. The van der Waals surface area contributed by atoms with Gasteiger partial charge in [0.2, 0.25) is 11.8 Å². The van der Waals surface area contributed by atoms with Crippen LogP contribution in [-0.2, 0) is 9.59 Å². The molecule has 0 unspecified atom stereocenters. The Bertz CT molecular complexity index is 1330. The molecule has 31 heavy (non-hydrogen) atoms. The molecule has 0 aliphatic rings. The molecule has 2 heterocycles. The zero-order chi connectivity index (χ0) is 22.4. The van der Waals surface area contributed by atoms with Crippen LogP contribution in [0.1, 0.15) is 25.4 Å². The molecular weight excluding hydrogens is 398 g/mol. The number of anilines is 1. The number of rotatable bonds is 4. The van der Waals surface area contributed by atoms with E-state index in [9.17, 15) is 9.59 Å². The number of benzene rings is 2. The number of nitrogens with zero attached hydrogens (tertiary/aromatic N) is 1. The van der Waals surface area contributed by atoms with Crippen LogP contribution in [0.2, 0.25) is 0 Å². The summed E-state index contributed by atoms with van der Waals surface area (Å²) in [7, 11) is 3.09. The molecule has 2 aromatic heterocycles. The maximum absolute atomic E-state index is 12.5. The number of imide groups is 1. The van der Waals surface area contributed by atoms with Crippen LogP contribution in [0.4, 0.5) is 5.69 Å². The van der Waals surface area contributed by atoms with E-state index in [1.165, 1.54) is 21.0 Å². The molecule has 7 heteroatoms. The van der Waals surface area contributed by atoms with E-state index >= 15 is 0 Å². The van der Waals surface area contributed by atoms with Gasteiger partial charge in [-0.3, -0.25) is 9.59 Å². The number of ether oxygens (including phenoxy) is 2. The highest BCUT2D eigenvalue weighted by Crippen LogP contribution is 2.48. The zero-order valence-electron chi connectivity index (χ0n) is 18.3. The molecule has 0 spiro atoms. The van der Waals surface area contributed by atoms with Crippen molar-refractivity contribution in [2.75, 3.05) is 19.1 Å². The first-order valence-electron chi connectivity index (χ1n) is 9.76. The van der Waals surface area contributed by atoms with Gasteiger partial charge in [-0.25, -0.2) is 4.90 Å². The fraction of sp³-hybridized carbons (Fsp3) is 0.250. The van der Waals surface area contributed by atoms with E-state index < -0.39 is 11.8 Å². The van der Waals surface area contributed by atoms with Gasteiger partial charge in [0.05, 0.1) is 25.5 Å². The van der Waals surface area contributed by atoms with Crippen molar-refractivity contribution in [2.24, 2.45) is 0 Å². The summed E-state index contributed by atoms with van der Waals surface area (Å²) in [5.41, 5.74) is 1.67. The molecule has 0 N–H and O–H groups in total. The number of aryl methyl sites for hydroxylation is 2. The molecule has 4 aromatic rings. The minimum Gasteiger partial charge on any atom is -0.493 e.